The molecule has 0 aliphatic rings. The van der Waals surface area contributed by atoms with Crippen LogP contribution in [0.2, 0.25) is 0 Å². The normalized spacial score (nSPS) is 11.2. The number of halogens is 3. The maximum absolute atomic E-state index is 11.9. The molecule has 0 aliphatic carbocycles. The number of hydrogen-bond donors (Lipinski definition) is 1. The van der Waals surface area contributed by atoms with Crippen LogP contribution in [-0.4, -0.2) is 30.8 Å². The van der Waals surface area contributed by atoms with E-state index in [9.17, 15) is 18.0 Å². The quantitative estimate of drug-likeness (QED) is 0.660. The van der Waals surface area contributed by atoms with Crippen molar-refractivity contribution in [2.75, 3.05) is 19.5 Å². The summed E-state index contributed by atoms with van der Waals surface area (Å²) in [6, 6.07) is 1.23. The SMILES string of the molecule is COC(=O)c1cc(OCCCC(F)(F)F)ncc1N. The Morgan fingerprint density at radius 3 is 2.74 bits per heavy atom. The second-order valence-electron chi connectivity index (χ2n) is 3.67. The van der Waals surface area contributed by atoms with E-state index in [2.05, 4.69) is 9.72 Å². The lowest BCUT2D eigenvalue weighted by Crippen LogP contribution is -2.11. The Morgan fingerprint density at radius 2 is 2.16 bits per heavy atom. The van der Waals surface area contributed by atoms with Gasteiger partial charge in [-0.15, -0.1) is 0 Å². The summed E-state index contributed by atoms with van der Waals surface area (Å²) in [6.45, 7) is -0.156. The van der Waals surface area contributed by atoms with Gasteiger partial charge in [0.15, 0.2) is 0 Å². The number of carbonyl (C=O) groups excluding carboxylic acids is 1. The van der Waals surface area contributed by atoms with Crippen LogP contribution >= 0.6 is 0 Å². The van der Waals surface area contributed by atoms with Gasteiger partial charge >= 0.3 is 12.1 Å². The number of ether oxygens (including phenoxy) is 2. The molecule has 106 valence electrons. The van der Waals surface area contributed by atoms with Crippen LogP contribution in [0.1, 0.15) is 23.2 Å². The zero-order valence-corrected chi connectivity index (χ0v) is 10.2. The average Bonchev–Trinajstić information content (AvgIpc) is 2.34. The minimum atomic E-state index is -4.21. The summed E-state index contributed by atoms with van der Waals surface area (Å²) in [7, 11) is 1.19. The first-order valence-corrected chi connectivity index (χ1v) is 5.37. The lowest BCUT2D eigenvalue weighted by Gasteiger charge is -2.09. The Labute approximate surface area is 107 Å². The minimum absolute atomic E-state index is 0.0248. The molecule has 0 amide bonds. The second kappa shape index (κ2) is 6.26. The summed E-state index contributed by atoms with van der Waals surface area (Å²) in [4.78, 5) is 15.1. The van der Waals surface area contributed by atoms with Crippen molar-refractivity contribution in [1.82, 2.24) is 4.98 Å². The number of esters is 1. The van der Waals surface area contributed by atoms with Crippen molar-refractivity contribution in [2.45, 2.75) is 19.0 Å². The van der Waals surface area contributed by atoms with Gasteiger partial charge in [-0.05, 0) is 6.42 Å². The fourth-order valence-corrected chi connectivity index (χ4v) is 1.26. The lowest BCUT2D eigenvalue weighted by atomic mass is 10.2. The van der Waals surface area contributed by atoms with Crippen molar-refractivity contribution in [2.24, 2.45) is 0 Å². The lowest BCUT2D eigenvalue weighted by molar-refractivity contribution is -0.136. The molecular formula is C11H13F3N2O3. The Kier molecular flexibility index (Phi) is 4.96. The minimum Gasteiger partial charge on any atom is -0.478 e. The van der Waals surface area contributed by atoms with Crippen LogP contribution in [0.25, 0.3) is 0 Å². The summed E-state index contributed by atoms with van der Waals surface area (Å²) in [5.41, 5.74) is 5.67. The second-order valence-corrected chi connectivity index (χ2v) is 3.67. The van der Waals surface area contributed by atoms with E-state index in [0.29, 0.717) is 0 Å². The monoisotopic (exact) mass is 278 g/mol. The van der Waals surface area contributed by atoms with Crippen LogP contribution in [-0.2, 0) is 4.74 Å². The molecule has 19 heavy (non-hydrogen) atoms. The molecule has 0 bridgehead atoms. The van der Waals surface area contributed by atoms with Crippen molar-refractivity contribution in [3.63, 3.8) is 0 Å². The predicted octanol–water partition coefficient (Wildman–Crippen LogP) is 2.17. The Hall–Kier alpha value is -1.99. The molecule has 0 radical (unpaired) electrons. The van der Waals surface area contributed by atoms with Crippen LogP contribution in [0.4, 0.5) is 18.9 Å². The fraction of sp³-hybridized carbons (Fsp3) is 0.455. The third-order valence-corrected chi connectivity index (χ3v) is 2.17. The van der Waals surface area contributed by atoms with Gasteiger partial charge in [-0.25, -0.2) is 9.78 Å². The van der Waals surface area contributed by atoms with Crippen LogP contribution in [0.15, 0.2) is 12.3 Å². The van der Waals surface area contributed by atoms with Gasteiger partial charge < -0.3 is 15.2 Å². The zero-order valence-electron chi connectivity index (χ0n) is 10.2. The summed E-state index contributed by atoms with van der Waals surface area (Å²) < 4.78 is 45.2. The molecule has 0 aliphatic heterocycles. The van der Waals surface area contributed by atoms with E-state index in [1.807, 2.05) is 0 Å². The highest BCUT2D eigenvalue weighted by molar-refractivity contribution is 5.95. The first-order chi connectivity index (χ1) is 8.83. The van der Waals surface area contributed by atoms with E-state index < -0.39 is 18.6 Å². The van der Waals surface area contributed by atoms with E-state index in [0.717, 1.165) is 0 Å². The maximum Gasteiger partial charge on any atom is 0.389 e. The van der Waals surface area contributed by atoms with E-state index >= 15 is 0 Å². The average molecular weight is 278 g/mol. The fourth-order valence-electron chi connectivity index (χ4n) is 1.26. The molecule has 0 atom stereocenters. The topological polar surface area (TPSA) is 74.4 Å². The molecule has 0 saturated heterocycles. The summed E-state index contributed by atoms with van der Waals surface area (Å²) in [5.74, 6) is -0.642. The molecule has 8 heteroatoms. The molecule has 0 unspecified atom stereocenters. The number of hydrogen-bond acceptors (Lipinski definition) is 5. The number of rotatable bonds is 5. The Balaban J connectivity index is 2.58. The molecule has 2 N–H and O–H groups in total. The van der Waals surface area contributed by atoms with Crippen LogP contribution in [0.3, 0.4) is 0 Å². The maximum atomic E-state index is 11.9. The van der Waals surface area contributed by atoms with Gasteiger partial charge in [-0.1, -0.05) is 0 Å². The summed E-state index contributed by atoms with van der Waals surface area (Å²) in [6.07, 6.45) is -4.16. The molecule has 0 fully saturated rings. The zero-order chi connectivity index (χ0) is 14.5. The van der Waals surface area contributed by atoms with Crippen molar-refractivity contribution < 1.29 is 27.4 Å². The number of carbonyl (C=O) groups is 1. The van der Waals surface area contributed by atoms with Gasteiger partial charge in [-0.2, -0.15) is 13.2 Å². The van der Waals surface area contributed by atoms with Gasteiger partial charge in [-0.3, -0.25) is 0 Å². The first-order valence-electron chi connectivity index (χ1n) is 5.37. The van der Waals surface area contributed by atoms with E-state index in [4.69, 9.17) is 10.5 Å². The molecule has 1 rings (SSSR count). The van der Waals surface area contributed by atoms with E-state index in [-0.39, 0.29) is 30.2 Å². The number of nitrogens with zero attached hydrogens (tertiary/aromatic N) is 1. The Morgan fingerprint density at radius 1 is 1.47 bits per heavy atom. The van der Waals surface area contributed by atoms with Crippen LogP contribution in [0, 0.1) is 0 Å². The molecular weight excluding hydrogens is 265 g/mol. The molecule has 1 aromatic rings. The van der Waals surface area contributed by atoms with Gasteiger partial charge in [0.05, 0.1) is 31.2 Å². The Bertz CT molecular complexity index is 449. The van der Waals surface area contributed by atoms with Crippen molar-refractivity contribution in [3.05, 3.63) is 17.8 Å². The van der Waals surface area contributed by atoms with E-state index in [1.54, 1.807) is 0 Å². The number of methoxy groups -OCH3 is 1. The highest BCUT2D eigenvalue weighted by Crippen LogP contribution is 2.22. The standard InChI is InChI=1S/C11H13F3N2O3/c1-18-10(17)7-5-9(16-6-8(7)15)19-4-2-3-11(12,13)14/h5-6H,2-4,15H2,1H3. The van der Waals surface area contributed by atoms with Crippen LogP contribution in [0.5, 0.6) is 5.88 Å². The van der Waals surface area contributed by atoms with E-state index in [1.165, 1.54) is 19.4 Å². The van der Waals surface area contributed by atoms with Crippen molar-refractivity contribution in [3.8, 4) is 5.88 Å². The van der Waals surface area contributed by atoms with Crippen LogP contribution < -0.4 is 10.5 Å². The number of anilines is 1. The molecule has 0 spiro atoms. The van der Waals surface area contributed by atoms with Gasteiger partial charge in [0, 0.05) is 12.5 Å². The number of nitrogen functional groups attached to an aromatic ring is 1. The van der Waals surface area contributed by atoms with Crippen molar-refractivity contribution >= 4 is 11.7 Å². The summed E-state index contributed by atoms with van der Waals surface area (Å²) in [5, 5.41) is 0. The molecule has 1 aromatic heterocycles. The number of pyridine rings is 1. The third kappa shape index (κ3) is 5.02. The smallest absolute Gasteiger partial charge is 0.389 e. The molecule has 1 heterocycles. The number of nitrogens with two attached hydrogens (primary N) is 1. The van der Waals surface area contributed by atoms with Gasteiger partial charge in [0.2, 0.25) is 5.88 Å². The van der Waals surface area contributed by atoms with Gasteiger partial charge in [0.1, 0.15) is 0 Å². The summed E-state index contributed by atoms with van der Waals surface area (Å²) >= 11 is 0. The van der Waals surface area contributed by atoms with Crippen molar-refractivity contribution in [1.29, 1.82) is 0 Å². The largest absolute Gasteiger partial charge is 0.478 e. The number of aromatic nitrogens is 1. The molecule has 5 nitrogen and oxygen atoms in total. The predicted molar refractivity (Wildman–Crippen MR) is 60.8 cm³/mol. The molecule has 0 saturated carbocycles. The van der Waals surface area contributed by atoms with Gasteiger partial charge in [0.25, 0.3) is 0 Å². The highest BCUT2D eigenvalue weighted by Gasteiger charge is 2.26. The number of alkyl halides is 3. The molecule has 0 aromatic carbocycles. The highest BCUT2D eigenvalue weighted by atomic mass is 19.4. The first kappa shape index (κ1) is 15.1. The third-order valence-electron chi connectivity index (χ3n) is 2.17.